The van der Waals surface area contributed by atoms with Crippen molar-refractivity contribution in [3.8, 4) is 0 Å². The molecule has 5 rings (SSSR count). The molecular formula is C26H32N4O2. The monoisotopic (exact) mass is 432 g/mol. The molecule has 2 aromatic carbocycles. The summed E-state index contributed by atoms with van der Waals surface area (Å²) in [7, 11) is 0. The molecule has 3 aromatic rings. The third kappa shape index (κ3) is 4.81. The number of fused-ring (bicyclic) bond motifs is 1. The Kier molecular flexibility index (Phi) is 6.41. The summed E-state index contributed by atoms with van der Waals surface area (Å²) in [6, 6.07) is 17.1. The maximum atomic E-state index is 12.8. The van der Waals surface area contributed by atoms with Gasteiger partial charge >= 0.3 is 6.03 Å². The minimum Gasteiger partial charge on any atom is -0.379 e. The van der Waals surface area contributed by atoms with Crippen molar-refractivity contribution in [1.82, 2.24) is 20.1 Å². The lowest BCUT2D eigenvalue weighted by molar-refractivity contribution is 0.0342. The zero-order chi connectivity index (χ0) is 21.8. The number of morpholine rings is 1. The number of carbonyl (C=O) groups excluding carboxylic acids is 1. The fourth-order valence-corrected chi connectivity index (χ4v) is 4.97. The van der Waals surface area contributed by atoms with E-state index in [4.69, 9.17) is 4.74 Å². The summed E-state index contributed by atoms with van der Waals surface area (Å²) in [6.45, 7) is 6.69. The summed E-state index contributed by atoms with van der Waals surface area (Å²) in [6.07, 6.45) is 4.16. The molecule has 6 nitrogen and oxygen atoms in total. The predicted molar refractivity (Wildman–Crippen MR) is 127 cm³/mol. The Bertz CT molecular complexity index is 1050. The molecule has 0 atom stereocenters. The van der Waals surface area contributed by atoms with E-state index in [0.29, 0.717) is 12.5 Å². The van der Waals surface area contributed by atoms with Gasteiger partial charge in [-0.05, 0) is 41.5 Å². The van der Waals surface area contributed by atoms with Crippen LogP contribution in [0.2, 0.25) is 0 Å². The van der Waals surface area contributed by atoms with Gasteiger partial charge in [-0.3, -0.25) is 4.90 Å². The van der Waals surface area contributed by atoms with Gasteiger partial charge in [0.15, 0.2) is 0 Å². The molecule has 6 heteroatoms. The summed E-state index contributed by atoms with van der Waals surface area (Å²) >= 11 is 0. The number of benzene rings is 2. The highest BCUT2D eigenvalue weighted by Crippen LogP contribution is 2.33. The van der Waals surface area contributed by atoms with Crippen LogP contribution in [-0.2, 0) is 17.8 Å². The van der Waals surface area contributed by atoms with Crippen LogP contribution in [0, 0.1) is 0 Å². The summed E-state index contributed by atoms with van der Waals surface area (Å²) in [5, 5.41) is 4.44. The van der Waals surface area contributed by atoms with E-state index in [2.05, 4.69) is 69.9 Å². The summed E-state index contributed by atoms with van der Waals surface area (Å²) in [4.78, 5) is 20.5. The number of H-pyrrole nitrogens is 1. The topological polar surface area (TPSA) is 60.6 Å². The number of aromatic amines is 1. The minimum atomic E-state index is 0.0426. The number of para-hydroxylation sites is 1. The first-order valence-electron chi connectivity index (χ1n) is 11.7. The number of hydrogen-bond donors (Lipinski definition) is 2. The van der Waals surface area contributed by atoms with E-state index in [1.807, 2.05) is 4.90 Å². The summed E-state index contributed by atoms with van der Waals surface area (Å²) < 4.78 is 5.43. The average molecular weight is 433 g/mol. The number of nitrogens with one attached hydrogen (secondary N) is 2. The van der Waals surface area contributed by atoms with Gasteiger partial charge in [0.05, 0.1) is 13.2 Å². The molecule has 0 aliphatic carbocycles. The SMILES string of the molecule is O=C(NCc1cccc(CN2CCOCC2)c1)N1CCC(c2c[nH]c3ccccc23)CC1. The van der Waals surface area contributed by atoms with E-state index in [1.54, 1.807) is 0 Å². The smallest absolute Gasteiger partial charge is 0.317 e. The van der Waals surface area contributed by atoms with Crippen LogP contribution in [0.3, 0.4) is 0 Å². The molecule has 32 heavy (non-hydrogen) atoms. The van der Waals surface area contributed by atoms with Gasteiger partial charge in [-0.15, -0.1) is 0 Å². The molecule has 2 amide bonds. The number of hydrogen-bond acceptors (Lipinski definition) is 3. The van der Waals surface area contributed by atoms with Crippen LogP contribution in [0.15, 0.2) is 54.7 Å². The first-order valence-corrected chi connectivity index (χ1v) is 11.7. The first kappa shape index (κ1) is 21.0. The number of rotatable bonds is 5. The molecule has 0 unspecified atom stereocenters. The number of amides is 2. The zero-order valence-electron chi connectivity index (χ0n) is 18.6. The third-order valence-corrected chi connectivity index (χ3v) is 6.79. The second-order valence-corrected chi connectivity index (χ2v) is 8.92. The van der Waals surface area contributed by atoms with E-state index >= 15 is 0 Å². The maximum Gasteiger partial charge on any atom is 0.317 e. The van der Waals surface area contributed by atoms with Gasteiger partial charge in [0, 0.05) is 56.4 Å². The van der Waals surface area contributed by atoms with Gasteiger partial charge in [0.1, 0.15) is 0 Å². The Morgan fingerprint density at radius 1 is 1.00 bits per heavy atom. The van der Waals surface area contributed by atoms with Gasteiger partial charge in [-0.2, -0.15) is 0 Å². The van der Waals surface area contributed by atoms with Crippen LogP contribution >= 0.6 is 0 Å². The highest BCUT2D eigenvalue weighted by molar-refractivity contribution is 5.83. The molecule has 0 bridgehead atoms. The van der Waals surface area contributed by atoms with Crippen molar-refractivity contribution in [1.29, 1.82) is 0 Å². The van der Waals surface area contributed by atoms with Crippen LogP contribution in [-0.4, -0.2) is 60.2 Å². The van der Waals surface area contributed by atoms with Crippen LogP contribution < -0.4 is 5.32 Å². The largest absolute Gasteiger partial charge is 0.379 e. The predicted octanol–water partition coefficient (Wildman–Crippen LogP) is 4.09. The number of likely N-dealkylation sites (tertiary alicyclic amines) is 1. The molecule has 2 aliphatic heterocycles. The molecule has 0 saturated carbocycles. The number of urea groups is 1. The van der Waals surface area contributed by atoms with Gasteiger partial charge in [0.2, 0.25) is 0 Å². The molecule has 2 N–H and O–H groups in total. The van der Waals surface area contributed by atoms with E-state index in [0.717, 1.165) is 64.3 Å². The average Bonchev–Trinajstić information content (AvgIpc) is 3.28. The summed E-state index contributed by atoms with van der Waals surface area (Å²) in [5.74, 6) is 0.507. The third-order valence-electron chi connectivity index (χ3n) is 6.79. The lowest BCUT2D eigenvalue weighted by Crippen LogP contribution is -2.43. The van der Waals surface area contributed by atoms with Gasteiger partial charge in [0.25, 0.3) is 0 Å². The number of aromatic nitrogens is 1. The van der Waals surface area contributed by atoms with Crippen molar-refractivity contribution in [3.63, 3.8) is 0 Å². The normalized spacial score (nSPS) is 18.2. The quantitative estimate of drug-likeness (QED) is 0.638. The summed E-state index contributed by atoms with van der Waals surface area (Å²) in [5.41, 5.74) is 5.02. The second kappa shape index (κ2) is 9.76. The highest BCUT2D eigenvalue weighted by atomic mass is 16.5. The van der Waals surface area contributed by atoms with Crippen molar-refractivity contribution >= 4 is 16.9 Å². The Balaban J connectivity index is 1.12. The fourth-order valence-electron chi connectivity index (χ4n) is 4.97. The molecule has 2 aliphatic rings. The number of nitrogens with zero attached hydrogens (tertiary/aromatic N) is 2. The lowest BCUT2D eigenvalue weighted by atomic mass is 9.89. The van der Waals surface area contributed by atoms with Crippen LogP contribution in [0.4, 0.5) is 4.79 Å². The van der Waals surface area contributed by atoms with Gasteiger partial charge in [-0.25, -0.2) is 4.79 Å². The van der Waals surface area contributed by atoms with Crippen molar-refractivity contribution in [2.24, 2.45) is 0 Å². The molecule has 0 spiro atoms. The molecule has 2 fully saturated rings. The van der Waals surface area contributed by atoms with E-state index < -0.39 is 0 Å². The highest BCUT2D eigenvalue weighted by Gasteiger charge is 2.25. The standard InChI is InChI=1S/C26H32N4O2/c31-26(28-17-20-4-3-5-21(16-20)19-29-12-14-32-15-13-29)30-10-8-22(9-11-30)24-18-27-25-7-2-1-6-23(24)25/h1-7,16,18,22,27H,8-15,17,19H2,(H,28,31). The molecule has 168 valence electrons. The van der Waals surface area contributed by atoms with Crippen LogP contribution in [0.25, 0.3) is 10.9 Å². The maximum absolute atomic E-state index is 12.8. The fraction of sp³-hybridized carbons (Fsp3) is 0.423. The molecule has 3 heterocycles. The van der Waals surface area contributed by atoms with Crippen molar-refractivity contribution in [2.45, 2.75) is 31.8 Å². The molecular weight excluding hydrogens is 400 g/mol. The van der Waals surface area contributed by atoms with Crippen LogP contribution in [0.5, 0.6) is 0 Å². The van der Waals surface area contributed by atoms with Crippen molar-refractivity contribution in [2.75, 3.05) is 39.4 Å². The lowest BCUT2D eigenvalue weighted by Gasteiger charge is -2.32. The van der Waals surface area contributed by atoms with E-state index in [1.165, 1.54) is 22.0 Å². The van der Waals surface area contributed by atoms with E-state index in [9.17, 15) is 4.79 Å². The molecule has 1 aromatic heterocycles. The number of carbonyl (C=O) groups is 1. The molecule has 2 saturated heterocycles. The Hall–Kier alpha value is -2.83. The number of ether oxygens (including phenoxy) is 1. The van der Waals surface area contributed by atoms with E-state index in [-0.39, 0.29) is 6.03 Å². The van der Waals surface area contributed by atoms with Crippen molar-refractivity contribution in [3.05, 3.63) is 71.4 Å². The molecule has 0 radical (unpaired) electrons. The number of piperidine rings is 1. The Morgan fingerprint density at radius 2 is 1.78 bits per heavy atom. The van der Waals surface area contributed by atoms with Crippen LogP contribution in [0.1, 0.15) is 35.4 Å². The first-order chi connectivity index (χ1) is 15.8. The van der Waals surface area contributed by atoms with Gasteiger partial charge in [-0.1, -0.05) is 42.5 Å². The Morgan fingerprint density at radius 3 is 2.62 bits per heavy atom. The Labute approximate surface area is 189 Å². The van der Waals surface area contributed by atoms with Gasteiger partial charge < -0.3 is 19.9 Å². The second-order valence-electron chi connectivity index (χ2n) is 8.92. The zero-order valence-corrected chi connectivity index (χ0v) is 18.6. The van der Waals surface area contributed by atoms with Crippen molar-refractivity contribution < 1.29 is 9.53 Å². The minimum absolute atomic E-state index is 0.0426.